The number of anilines is 5. The summed E-state index contributed by atoms with van der Waals surface area (Å²) in [5.74, 6) is -0.321. The van der Waals surface area contributed by atoms with E-state index in [0.717, 1.165) is 5.56 Å². The molecule has 0 unspecified atom stereocenters. The molecule has 0 fully saturated rings. The van der Waals surface area contributed by atoms with Crippen LogP contribution in [0.15, 0.2) is 66.0 Å². The number of thiazole rings is 1. The molecule has 0 spiro atoms. The van der Waals surface area contributed by atoms with Crippen molar-refractivity contribution in [3.8, 4) is 17.0 Å². The molecule has 2 aliphatic heterocycles. The van der Waals surface area contributed by atoms with Gasteiger partial charge < -0.3 is 21.1 Å². The van der Waals surface area contributed by atoms with Gasteiger partial charge in [0.2, 0.25) is 20.0 Å². The molecule has 4 aromatic rings. The van der Waals surface area contributed by atoms with Gasteiger partial charge in [0.1, 0.15) is 5.75 Å². The SMILES string of the molecule is NC(=S)Nc1ccc2c(c1)NS(=O)(=O)C2.O=S1(=O)Cc2ccc(Nc3nc(-c4ccc(OC(F)(F)F)cc4)cs3)cc2N1. The van der Waals surface area contributed by atoms with E-state index >= 15 is 0 Å². The third-order valence-electron chi connectivity index (χ3n) is 5.85. The molecule has 0 aliphatic carbocycles. The minimum absolute atomic E-state index is 0.0235. The number of benzene rings is 3. The van der Waals surface area contributed by atoms with Crippen molar-refractivity contribution in [3.05, 3.63) is 77.2 Å². The molecule has 2 aliphatic rings. The first-order valence-corrected chi connectivity index (χ1v) is 16.6. The van der Waals surface area contributed by atoms with Gasteiger partial charge >= 0.3 is 6.36 Å². The topological polar surface area (TPSA) is 165 Å². The van der Waals surface area contributed by atoms with Crippen LogP contribution in [0.1, 0.15) is 11.1 Å². The molecule has 18 heteroatoms. The van der Waals surface area contributed by atoms with Crippen LogP contribution in [0.2, 0.25) is 0 Å². The Bertz CT molecular complexity index is 1910. The van der Waals surface area contributed by atoms with Crippen LogP contribution in [0.25, 0.3) is 11.3 Å². The predicted molar refractivity (Wildman–Crippen MR) is 163 cm³/mol. The number of ether oxygens (including phenoxy) is 1. The fraction of sp³-hybridized carbons (Fsp3) is 0.120. The van der Waals surface area contributed by atoms with Gasteiger partial charge in [0.15, 0.2) is 10.2 Å². The Labute approximate surface area is 253 Å². The normalized spacial score (nSPS) is 15.5. The maximum Gasteiger partial charge on any atom is 0.573 e. The summed E-state index contributed by atoms with van der Waals surface area (Å²) in [4.78, 5) is 4.41. The second kappa shape index (κ2) is 11.5. The molecule has 0 saturated carbocycles. The molecule has 43 heavy (non-hydrogen) atoms. The summed E-state index contributed by atoms with van der Waals surface area (Å²) < 4.78 is 91.1. The third-order valence-corrected chi connectivity index (χ3v) is 9.15. The standard InChI is InChI=1S/C17H12F3N3O3S2.C8H9N3O2S2/c18-17(19,20)26-13-5-2-10(3-6-13)15-8-27-16(22-15)21-12-4-1-11-9-28(24,25)23-14(11)7-12;9-8(14)10-6-2-1-5-4-15(12,13)11-7(5)3-6/h1-8,23H,9H2,(H,21,22);1-3,11H,4H2,(H3,9,10,14). The Hall–Kier alpha value is -4.13. The molecule has 6 rings (SSSR count). The lowest BCUT2D eigenvalue weighted by Gasteiger charge is -2.08. The number of nitrogens with one attached hydrogen (secondary N) is 4. The Balaban J connectivity index is 0.000000207. The van der Waals surface area contributed by atoms with Crippen molar-refractivity contribution in [2.75, 3.05) is 20.1 Å². The van der Waals surface area contributed by atoms with Gasteiger partial charge in [-0.15, -0.1) is 24.5 Å². The first-order valence-electron chi connectivity index (χ1n) is 12.1. The second-order valence-electron chi connectivity index (χ2n) is 9.19. The third kappa shape index (κ3) is 8.04. The van der Waals surface area contributed by atoms with Gasteiger partial charge in [-0.2, -0.15) is 0 Å². The lowest BCUT2D eigenvalue weighted by atomic mass is 10.2. The van der Waals surface area contributed by atoms with E-state index in [9.17, 15) is 30.0 Å². The van der Waals surface area contributed by atoms with E-state index in [2.05, 4.69) is 42.0 Å². The maximum atomic E-state index is 12.2. The number of alkyl halides is 3. The number of aromatic nitrogens is 1. The number of hydrogen-bond acceptors (Lipinski definition) is 9. The molecule has 1 aromatic heterocycles. The predicted octanol–water partition coefficient (Wildman–Crippen LogP) is 5.31. The zero-order valence-electron chi connectivity index (χ0n) is 21.6. The van der Waals surface area contributed by atoms with Gasteiger partial charge in [-0.3, -0.25) is 9.44 Å². The second-order valence-corrected chi connectivity index (χ2v) is 13.9. The van der Waals surface area contributed by atoms with Crippen molar-refractivity contribution in [2.24, 2.45) is 5.73 Å². The van der Waals surface area contributed by atoms with E-state index in [1.54, 1.807) is 41.8 Å². The highest BCUT2D eigenvalue weighted by molar-refractivity contribution is 7.92. The van der Waals surface area contributed by atoms with Gasteiger partial charge in [0.25, 0.3) is 0 Å². The van der Waals surface area contributed by atoms with Crippen molar-refractivity contribution in [1.29, 1.82) is 0 Å². The number of fused-ring (bicyclic) bond motifs is 2. The largest absolute Gasteiger partial charge is 0.573 e. The van der Waals surface area contributed by atoms with Gasteiger partial charge in [-0.05, 0) is 71.9 Å². The molecule has 0 bridgehead atoms. The van der Waals surface area contributed by atoms with Crippen LogP contribution < -0.4 is 30.5 Å². The van der Waals surface area contributed by atoms with E-state index in [1.807, 2.05) is 0 Å². The molecular formula is C25H21F3N6O5S4. The van der Waals surface area contributed by atoms with Crippen molar-refractivity contribution < 1.29 is 34.7 Å². The monoisotopic (exact) mass is 670 g/mol. The Morgan fingerprint density at radius 2 is 1.47 bits per heavy atom. The van der Waals surface area contributed by atoms with Gasteiger partial charge in [0.05, 0.1) is 28.6 Å². The van der Waals surface area contributed by atoms with E-state index in [4.69, 9.17) is 5.73 Å². The molecule has 0 radical (unpaired) electrons. The van der Waals surface area contributed by atoms with Crippen LogP contribution in [-0.2, 0) is 31.6 Å². The van der Waals surface area contributed by atoms with Crippen LogP contribution in [0.3, 0.4) is 0 Å². The molecule has 3 aromatic carbocycles. The summed E-state index contributed by atoms with van der Waals surface area (Å²) in [6.07, 6.45) is -4.73. The summed E-state index contributed by atoms with van der Waals surface area (Å²) >= 11 is 5.99. The number of nitrogens with two attached hydrogens (primary N) is 1. The fourth-order valence-corrected chi connectivity index (χ4v) is 7.50. The minimum Gasteiger partial charge on any atom is -0.406 e. The number of rotatable bonds is 5. The summed E-state index contributed by atoms with van der Waals surface area (Å²) in [7, 11) is -6.51. The Morgan fingerprint density at radius 3 is 2.02 bits per heavy atom. The molecule has 226 valence electrons. The highest BCUT2D eigenvalue weighted by Crippen LogP contribution is 2.33. The van der Waals surface area contributed by atoms with E-state index in [1.165, 1.54) is 35.6 Å². The summed E-state index contributed by atoms with van der Waals surface area (Å²) in [6.45, 7) is 0. The van der Waals surface area contributed by atoms with Crippen molar-refractivity contribution in [2.45, 2.75) is 17.9 Å². The zero-order chi connectivity index (χ0) is 31.0. The minimum atomic E-state index is -4.73. The van der Waals surface area contributed by atoms with Gasteiger partial charge in [0, 0.05) is 22.3 Å². The number of sulfonamides is 2. The van der Waals surface area contributed by atoms with Crippen LogP contribution in [0.5, 0.6) is 5.75 Å². The van der Waals surface area contributed by atoms with Crippen LogP contribution in [0.4, 0.5) is 41.1 Å². The molecule has 3 heterocycles. The smallest absolute Gasteiger partial charge is 0.406 e. The number of thiocarbonyl (C=S) groups is 1. The summed E-state index contributed by atoms with van der Waals surface area (Å²) in [6, 6.07) is 15.7. The van der Waals surface area contributed by atoms with Crippen molar-refractivity contribution in [3.63, 3.8) is 0 Å². The zero-order valence-corrected chi connectivity index (χ0v) is 24.9. The lowest BCUT2D eigenvalue weighted by molar-refractivity contribution is -0.274. The molecule has 11 nitrogen and oxygen atoms in total. The van der Waals surface area contributed by atoms with Crippen molar-refractivity contribution >= 4 is 76.6 Å². The number of halogens is 3. The first kappa shape index (κ1) is 30.3. The van der Waals surface area contributed by atoms with E-state index in [0.29, 0.717) is 44.7 Å². The highest BCUT2D eigenvalue weighted by atomic mass is 32.2. The molecule has 0 amide bonds. The first-order chi connectivity index (χ1) is 20.1. The highest BCUT2D eigenvalue weighted by Gasteiger charge is 2.31. The fourth-order valence-electron chi connectivity index (χ4n) is 4.12. The summed E-state index contributed by atoms with van der Waals surface area (Å²) in [5.41, 5.74) is 10.4. The number of hydrogen-bond donors (Lipinski definition) is 5. The quantitative estimate of drug-likeness (QED) is 0.176. The Morgan fingerprint density at radius 1 is 0.907 bits per heavy atom. The number of nitrogens with zero attached hydrogens (tertiary/aromatic N) is 1. The average Bonchev–Trinajstić information content (AvgIpc) is 3.56. The average molecular weight is 671 g/mol. The summed E-state index contributed by atoms with van der Waals surface area (Å²) in [5, 5.41) is 8.30. The maximum absolute atomic E-state index is 12.2. The molecule has 0 atom stereocenters. The van der Waals surface area contributed by atoms with Crippen LogP contribution >= 0.6 is 23.6 Å². The molecule has 6 N–H and O–H groups in total. The van der Waals surface area contributed by atoms with E-state index in [-0.39, 0.29) is 22.4 Å². The Kier molecular flexibility index (Phi) is 8.12. The van der Waals surface area contributed by atoms with Crippen LogP contribution in [-0.4, -0.2) is 33.3 Å². The van der Waals surface area contributed by atoms with Gasteiger partial charge in [-0.1, -0.05) is 12.1 Å². The molecular weight excluding hydrogens is 650 g/mol. The van der Waals surface area contributed by atoms with E-state index < -0.39 is 26.4 Å². The van der Waals surface area contributed by atoms with Gasteiger partial charge in [-0.25, -0.2) is 21.8 Å². The molecule has 0 saturated heterocycles. The lowest BCUT2D eigenvalue weighted by Crippen LogP contribution is -2.18. The van der Waals surface area contributed by atoms with Crippen molar-refractivity contribution in [1.82, 2.24) is 4.98 Å². The van der Waals surface area contributed by atoms with Crippen LogP contribution in [0, 0.1) is 0 Å².